The second-order valence-electron chi connectivity index (χ2n) is 7.79. The van der Waals surface area contributed by atoms with Gasteiger partial charge < -0.3 is 10.2 Å². The fourth-order valence-corrected chi connectivity index (χ4v) is 4.13. The van der Waals surface area contributed by atoms with Crippen LogP contribution in [0.15, 0.2) is 0 Å². The van der Waals surface area contributed by atoms with Crippen molar-refractivity contribution in [3.63, 3.8) is 0 Å². The Bertz CT molecular complexity index is 281. The van der Waals surface area contributed by atoms with Gasteiger partial charge in [-0.15, -0.1) is 0 Å². The topological polar surface area (TPSA) is 15.3 Å². The number of rotatable bonds is 5. The van der Waals surface area contributed by atoms with E-state index in [1.54, 1.807) is 0 Å². The third kappa shape index (κ3) is 3.33. The smallest absolute Gasteiger partial charge is 0.0328 e. The van der Waals surface area contributed by atoms with E-state index < -0.39 is 0 Å². The lowest BCUT2D eigenvalue weighted by atomic mass is 9.72. The summed E-state index contributed by atoms with van der Waals surface area (Å²) < 4.78 is 0. The van der Waals surface area contributed by atoms with Gasteiger partial charge in [0.05, 0.1) is 0 Å². The monoisotopic (exact) mass is 266 g/mol. The zero-order chi connectivity index (χ0) is 14.0. The second kappa shape index (κ2) is 6.13. The molecule has 3 unspecified atom stereocenters. The highest BCUT2D eigenvalue weighted by atomic mass is 15.2. The van der Waals surface area contributed by atoms with Gasteiger partial charge in [0.1, 0.15) is 0 Å². The second-order valence-corrected chi connectivity index (χ2v) is 7.79. The number of likely N-dealkylation sites (N-methyl/N-ethyl adjacent to an activating group) is 1. The van der Waals surface area contributed by atoms with Gasteiger partial charge in [-0.25, -0.2) is 0 Å². The molecule has 1 N–H and O–H groups in total. The molecule has 0 aliphatic heterocycles. The Labute approximate surface area is 120 Å². The van der Waals surface area contributed by atoms with Crippen LogP contribution in [-0.2, 0) is 0 Å². The molecule has 0 spiro atoms. The van der Waals surface area contributed by atoms with Gasteiger partial charge in [-0.1, -0.05) is 27.2 Å². The number of nitrogens with one attached hydrogen (secondary N) is 1. The van der Waals surface area contributed by atoms with Crippen LogP contribution in [0.3, 0.4) is 0 Å². The molecular formula is C17H34N2. The zero-order valence-electron chi connectivity index (χ0n) is 13.7. The highest BCUT2D eigenvalue weighted by Crippen LogP contribution is 2.37. The number of nitrogens with zero attached hydrogens (tertiary/aromatic N) is 1. The Morgan fingerprint density at radius 1 is 1.21 bits per heavy atom. The van der Waals surface area contributed by atoms with Crippen LogP contribution in [0.5, 0.6) is 0 Å². The molecule has 2 fully saturated rings. The Morgan fingerprint density at radius 3 is 2.37 bits per heavy atom. The zero-order valence-corrected chi connectivity index (χ0v) is 13.7. The molecule has 0 bridgehead atoms. The van der Waals surface area contributed by atoms with Crippen LogP contribution in [0.25, 0.3) is 0 Å². The first-order valence-corrected chi connectivity index (χ1v) is 8.35. The Balaban J connectivity index is 1.92. The van der Waals surface area contributed by atoms with E-state index in [2.05, 4.69) is 45.1 Å². The molecule has 0 heterocycles. The molecule has 0 radical (unpaired) electrons. The van der Waals surface area contributed by atoms with Crippen molar-refractivity contribution in [1.82, 2.24) is 10.2 Å². The molecule has 0 aromatic rings. The van der Waals surface area contributed by atoms with Gasteiger partial charge in [0.2, 0.25) is 0 Å². The minimum absolute atomic E-state index is 0.461. The summed E-state index contributed by atoms with van der Waals surface area (Å²) in [7, 11) is 4.51. The summed E-state index contributed by atoms with van der Waals surface area (Å²) in [5, 5.41) is 3.97. The molecule has 112 valence electrons. The van der Waals surface area contributed by atoms with Gasteiger partial charge >= 0.3 is 0 Å². The standard InChI is InChI=1S/C17H34N2/c1-13(2)15-8-7-14(3)11-16(15)18-12-17(19(4)5)9-6-10-17/h13-16,18H,6-12H2,1-5H3. The van der Waals surface area contributed by atoms with Crippen molar-refractivity contribution < 1.29 is 0 Å². The van der Waals surface area contributed by atoms with Crippen molar-refractivity contribution in [2.24, 2.45) is 17.8 Å². The average molecular weight is 266 g/mol. The quantitative estimate of drug-likeness (QED) is 0.819. The molecule has 0 saturated heterocycles. The minimum atomic E-state index is 0.461. The first-order chi connectivity index (χ1) is 8.94. The molecule has 2 heteroatoms. The van der Waals surface area contributed by atoms with E-state index in [1.165, 1.54) is 45.1 Å². The van der Waals surface area contributed by atoms with Crippen molar-refractivity contribution in [3.05, 3.63) is 0 Å². The predicted octanol–water partition coefficient (Wildman–Crippen LogP) is 3.52. The minimum Gasteiger partial charge on any atom is -0.312 e. The molecule has 3 atom stereocenters. The van der Waals surface area contributed by atoms with Gasteiger partial charge in [-0.2, -0.15) is 0 Å². The average Bonchev–Trinajstić information content (AvgIpc) is 2.26. The normalized spacial score (nSPS) is 34.6. The van der Waals surface area contributed by atoms with Crippen molar-refractivity contribution in [2.75, 3.05) is 20.6 Å². The van der Waals surface area contributed by atoms with E-state index in [4.69, 9.17) is 0 Å². The number of hydrogen-bond acceptors (Lipinski definition) is 2. The maximum atomic E-state index is 3.97. The van der Waals surface area contributed by atoms with Gasteiger partial charge in [-0.3, -0.25) is 0 Å². The molecule has 2 nitrogen and oxygen atoms in total. The van der Waals surface area contributed by atoms with E-state index in [0.29, 0.717) is 5.54 Å². The Hall–Kier alpha value is -0.0800. The molecule has 19 heavy (non-hydrogen) atoms. The lowest BCUT2D eigenvalue weighted by Gasteiger charge is -2.49. The fraction of sp³-hybridized carbons (Fsp3) is 1.00. The van der Waals surface area contributed by atoms with E-state index >= 15 is 0 Å². The first kappa shape index (κ1) is 15.3. The van der Waals surface area contributed by atoms with Crippen molar-refractivity contribution in [3.8, 4) is 0 Å². The molecule has 0 aromatic carbocycles. The van der Waals surface area contributed by atoms with E-state index in [1.807, 2.05) is 0 Å². The van der Waals surface area contributed by atoms with Crippen LogP contribution >= 0.6 is 0 Å². The lowest BCUT2D eigenvalue weighted by molar-refractivity contribution is 0.0475. The Morgan fingerprint density at radius 2 is 1.89 bits per heavy atom. The summed E-state index contributed by atoms with van der Waals surface area (Å²) in [6, 6.07) is 0.751. The van der Waals surface area contributed by atoms with Crippen LogP contribution in [0, 0.1) is 17.8 Å². The van der Waals surface area contributed by atoms with Crippen molar-refractivity contribution in [2.45, 2.75) is 70.9 Å². The van der Waals surface area contributed by atoms with Gasteiger partial charge in [0, 0.05) is 18.1 Å². The molecular weight excluding hydrogens is 232 g/mol. The van der Waals surface area contributed by atoms with Gasteiger partial charge in [0.15, 0.2) is 0 Å². The third-order valence-corrected chi connectivity index (χ3v) is 5.95. The van der Waals surface area contributed by atoms with E-state index in [0.717, 1.165) is 23.8 Å². The van der Waals surface area contributed by atoms with Gasteiger partial charge in [-0.05, 0) is 64.0 Å². The third-order valence-electron chi connectivity index (χ3n) is 5.95. The first-order valence-electron chi connectivity index (χ1n) is 8.35. The van der Waals surface area contributed by atoms with E-state index in [9.17, 15) is 0 Å². The highest BCUT2D eigenvalue weighted by Gasteiger charge is 2.40. The van der Waals surface area contributed by atoms with Crippen LogP contribution < -0.4 is 5.32 Å². The number of hydrogen-bond donors (Lipinski definition) is 1. The maximum absolute atomic E-state index is 3.97. The SMILES string of the molecule is CC1CCC(C(C)C)C(NCC2(N(C)C)CCC2)C1. The van der Waals surface area contributed by atoms with Crippen molar-refractivity contribution >= 4 is 0 Å². The molecule has 0 aromatic heterocycles. The molecule has 0 amide bonds. The maximum Gasteiger partial charge on any atom is 0.0328 e. The largest absolute Gasteiger partial charge is 0.312 e. The predicted molar refractivity (Wildman–Crippen MR) is 83.4 cm³/mol. The molecule has 2 aliphatic rings. The summed E-state index contributed by atoms with van der Waals surface area (Å²) >= 11 is 0. The highest BCUT2D eigenvalue weighted by molar-refractivity contribution is 4.99. The van der Waals surface area contributed by atoms with Crippen LogP contribution in [0.1, 0.15) is 59.3 Å². The fourth-order valence-electron chi connectivity index (χ4n) is 4.13. The molecule has 2 aliphatic carbocycles. The summed E-state index contributed by atoms with van der Waals surface area (Å²) in [4.78, 5) is 2.46. The Kier molecular flexibility index (Phi) is 4.94. The summed E-state index contributed by atoms with van der Waals surface area (Å²) in [5.74, 6) is 2.61. The van der Waals surface area contributed by atoms with Crippen LogP contribution in [0.2, 0.25) is 0 Å². The van der Waals surface area contributed by atoms with E-state index in [-0.39, 0.29) is 0 Å². The summed E-state index contributed by atoms with van der Waals surface area (Å²) in [5.41, 5.74) is 0.461. The summed E-state index contributed by atoms with van der Waals surface area (Å²) in [6.07, 6.45) is 8.40. The van der Waals surface area contributed by atoms with Crippen molar-refractivity contribution in [1.29, 1.82) is 0 Å². The lowest BCUT2D eigenvalue weighted by Crippen LogP contribution is -2.59. The van der Waals surface area contributed by atoms with Crippen LogP contribution in [0.4, 0.5) is 0 Å². The van der Waals surface area contributed by atoms with Gasteiger partial charge in [0.25, 0.3) is 0 Å². The van der Waals surface area contributed by atoms with Crippen LogP contribution in [-0.4, -0.2) is 37.1 Å². The molecule has 2 saturated carbocycles. The summed E-state index contributed by atoms with van der Waals surface area (Å²) in [6.45, 7) is 8.43. The molecule has 2 rings (SSSR count).